The molecule has 0 bridgehead atoms. The smallest absolute Gasteiger partial charge is 0.0459 e. The lowest BCUT2D eigenvalue weighted by Crippen LogP contribution is -2.47. The van der Waals surface area contributed by atoms with Gasteiger partial charge in [0.15, 0.2) is 0 Å². The summed E-state index contributed by atoms with van der Waals surface area (Å²) >= 11 is 2.04. The molecular weight excluding hydrogens is 182 g/mol. The molecule has 1 aliphatic carbocycles. The van der Waals surface area contributed by atoms with Gasteiger partial charge in [-0.15, -0.1) is 0 Å². The first kappa shape index (κ1) is 9.81. The SMILES string of the molecule is OCC1CCC(NC2CSC2)CC1. The van der Waals surface area contributed by atoms with E-state index in [1.54, 1.807) is 0 Å². The van der Waals surface area contributed by atoms with Gasteiger partial charge in [-0.25, -0.2) is 0 Å². The summed E-state index contributed by atoms with van der Waals surface area (Å²) in [6, 6.07) is 1.54. The quantitative estimate of drug-likeness (QED) is 0.720. The highest BCUT2D eigenvalue weighted by Crippen LogP contribution is 2.26. The third-order valence-corrected chi connectivity index (χ3v) is 4.49. The molecule has 76 valence electrons. The molecule has 1 aliphatic heterocycles. The number of hydrogen-bond acceptors (Lipinski definition) is 3. The van der Waals surface area contributed by atoms with Crippen molar-refractivity contribution >= 4 is 11.8 Å². The summed E-state index contributed by atoms with van der Waals surface area (Å²) in [7, 11) is 0. The fourth-order valence-electron chi connectivity index (χ4n) is 2.18. The number of thioether (sulfide) groups is 1. The Balaban J connectivity index is 1.65. The third kappa shape index (κ3) is 2.61. The molecule has 0 aromatic carbocycles. The van der Waals surface area contributed by atoms with Crippen LogP contribution in [0.25, 0.3) is 0 Å². The van der Waals surface area contributed by atoms with Crippen molar-refractivity contribution in [3.63, 3.8) is 0 Å². The highest BCUT2D eigenvalue weighted by atomic mass is 32.2. The zero-order chi connectivity index (χ0) is 9.10. The summed E-state index contributed by atoms with van der Waals surface area (Å²) < 4.78 is 0. The zero-order valence-corrected chi connectivity index (χ0v) is 8.85. The van der Waals surface area contributed by atoms with Crippen LogP contribution in [0.1, 0.15) is 25.7 Å². The van der Waals surface area contributed by atoms with E-state index in [4.69, 9.17) is 5.11 Å². The second-order valence-electron chi connectivity index (χ2n) is 4.30. The van der Waals surface area contributed by atoms with E-state index in [-0.39, 0.29) is 0 Å². The van der Waals surface area contributed by atoms with Gasteiger partial charge in [-0.2, -0.15) is 11.8 Å². The van der Waals surface area contributed by atoms with E-state index >= 15 is 0 Å². The molecule has 2 N–H and O–H groups in total. The standard InChI is InChI=1S/C10H19NOS/c12-5-8-1-3-9(4-2-8)11-10-6-13-7-10/h8-12H,1-7H2. The lowest BCUT2D eigenvalue weighted by atomic mass is 9.86. The first-order valence-electron chi connectivity index (χ1n) is 5.33. The molecule has 3 heteroatoms. The molecule has 2 aliphatic rings. The molecule has 0 aromatic heterocycles. The Morgan fingerprint density at radius 3 is 2.23 bits per heavy atom. The Labute approximate surface area is 84.5 Å². The lowest BCUT2D eigenvalue weighted by molar-refractivity contribution is 0.173. The van der Waals surface area contributed by atoms with E-state index in [0.717, 1.165) is 12.1 Å². The molecule has 13 heavy (non-hydrogen) atoms. The van der Waals surface area contributed by atoms with Crippen molar-refractivity contribution in [2.24, 2.45) is 5.92 Å². The minimum Gasteiger partial charge on any atom is -0.396 e. The second kappa shape index (κ2) is 4.67. The van der Waals surface area contributed by atoms with E-state index in [1.807, 2.05) is 11.8 Å². The molecule has 2 nitrogen and oxygen atoms in total. The second-order valence-corrected chi connectivity index (χ2v) is 5.38. The number of hydrogen-bond donors (Lipinski definition) is 2. The van der Waals surface area contributed by atoms with Gasteiger partial charge in [-0.1, -0.05) is 0 Å². The Kier molecular flexibility index (Phi) is 3.52. The predicted molar refractivity (Wildman–Crippen MR) is 57.1 cm³/mol. The van der Waals surface area contributed by atoms with Crippen LogP contribution in [-0.4, -0.2) is 35.3 Å². The van der Waals surface area contributed by atoms with Gasteiger partial charge in [0.1, 0.15) is 0 Å². The Bertz CT molecular complexity index is 153. The summed E-state index contributed by atoms with van der Waals surface area (Å²) in [5, 5.41) is 12.7. The number of aliphatic hydroxyl groups is 1. The van der Waals surface area contributed by atoms with Crippen molar-refractivity contribution in [2.75, 3.05) is 18.1 Å². The predicted octanol–water partition coefficient (Wildman–Crippen LogP) is 1.24. The summed E-state index contributed by atoms with van der Waals surface area (Å²) in [4.78, 5) is 0. The molecular formula is C10H19NOS. The summed E-state index contributed by atoms with van der Waals surface area (Å²) in [6.07, 6.45) is 4.97. The van der Waals surface area contributed by atoms with Crippen LogP contribution in [0.2, 0.25) is 0 Å². The van der Waals surface area contributed by atoms with Crippen molar-refractivity contribution in [3.8, 4) is 0 Å². The van der Waals surface area contributed by atoms with Gasteiger partial charge in [-0.3, -0.25) is 0 Å². The number of aliphatic hydroxyl groups excluding tert-OH is 1. The van der Waals surface area contributed by atoms with Crippen molar-refractivity contribution in [3.05, 3.63) is 0 Å². The minimum atomic E-state index is 0.395. The first-order chi connectivity index (χ1) is 6.38. The number of nitrogens with one attached hydrogen (secondary N) is 1. The van der Waals surface area contributed by atoms with Crippen molar-refractivity contribution in [2.45, 2.75) is 37.8 Å². The molecule has 0 spiro atoms. The maximum absolute atomic E-state index is 8.99. The van der Waals surface area contributed by atoms with Crippen LogP contribution < -0.4 is 5.32 Å². The van der Waals surface area contributed by atoms with E-state index in [0.29, 0.717) is 12.5 Å². The van der Waals surface area contributed by atoms with E-state index in [1.165, 1.54) is 37.2 Å². The maximum Gasteiger partial charge on any atom is 0.0459 e. The largest absolute Gasteiger partial charge is 0.396 e. The highest BCUT2D eigenvalue weighted by molar-refractivity contribution is 8.00. The summed E-state index contributed by atoms with van der Waals surface area (Å²) in [5.41, 5.74) is 0. The van der Waals surface area contributed by atoms with Gasteiger partial charge >= 0.3 is 0 Å². The molecule has 1 heterocycles. The van der Waals surface area contributed by atoms with E-state index in [2.05, 4.69) is 5.32 Å². The molecule has 0 aromatic rings. The monoisotopic (exact) mass is 201 g/mol. The summed E-state index contributed by atoms with van der Waals surface area (Å²) in [6.45, 7) is 0.395. The molecule has 0 atom stereocenters. The Hall–Kier alpha value is 0.270. The highest BCUT2D eigenvalue weighted by Gasteiger charge is 2.25. The molecule has 0 radical (unpaired) electrons. The van der Waals surface area contributed by atoms with Crippen LogP contribution in [0.5, 0.6) is 0 Å². The van der Waals surface area contributed by atoms with Crippen LogP contribution in [0.4, 0.5) is 0 Å². The zero-order valence-electron chi connectivity index (χ0n) is 8.04. The van der Waals surface area contributed by atoms with Gasteiger partial charge in [0.05, 0.1) is 0 Å². The van der Waals surface area contributed by atoms with Gasteiger partial charge in [0, 0.05) is 30.2 Å². The molecule has 1 saturated carbocycles. The molecule has 1 saturated heterocycles. The van der Waals surface area contributed by atoms with Crippen LogP contribution in [0.15, 0.2) is 0 Å². The molecule has 2 fully saturated rings. The topological polar surface area (TPSA) is 32.3 Å². The van der Waals surface area contributed by atoms with Gasteiger partial charge in [0.2, 0.25) is 0 Å². The van der Waals surface area contributed by atoms with E-state index in [9.17, 15) is 0 Å². The maximum atomic E-state index is 8.99. The summed E-state index contributed by atoms with van der Waals surface area (Å²) in [5.74, 6) is 3.20. The minimum absolute atomic E-state index is 0.395. The van der Waals surface area contributed by atoms with Crippen molar-refractivity contribution < 1.29 is 5.11 Å². The Morgan fingerprint density at radius 1 is 1.08 bits per heavy atom. The molecule has 0 unspecified atom stereocenters. The average molecular weight is 201 g/mol. The normalized spacial score (nSPS) is 35.8. The molecule has 0 amide bonds. The first-order valence-corrected chi connectivity index (χ1v) is 6.48. The fraction of sp³-hybridized carbons (Fsp3) is 1.00. The Morgan fingerprint density at radius 2 is 1.77 bits per heavy atom. The van der Waals surface area contributed by atoms with Crippen LogP contribution in [0, 0.1) is 5.92 Å². The van der Waals surface area contributed by atoms with Gasteiger partial charge < -0.3 is 10.4 Å². The molecule has 2 rings (SSSR count). The lowest BCUT2D eigenvalue weighted by Gasteiger charge is -2.34. The van der Waals surface area contributed by atoms with Crippen molar-refractivity contribution in [1.82, 2.24) is 5.32 Å². The average Bonchev–Trinajstić information content (AvgIpc) is 2.12. The van der Waals surface area contributed by atoms with Gasteiger partial charge in [0.25, 0.3) is 0 Å². The van der Waals surface area contributed by atoms with E-state index < -0.39 is 0 Å². The van der Waals surface area contributed by atoms with Gasteiger partial charge in [-0.05, 0) is 31.6 Å². The van der Waals surface area contributed by atoms with Crippen LogP contribution in [0.3, 0.4) is 0 Å². The van der Waals surface area contributed by atoms with Crippen LogP contribution in [-0.2, 0) is 0 Å². The number of rotatable bonds is 3. The van der Waals surface area contributed by atoms with Crippen molar-refractivity contribution in [1.29, 1.82) is 0 Å². The third-order valence-electron chi connectivity index (χ3n) is 3.21. The fourth-order valence-corrected chi connectivity index (χ4v) is 2.84. The van der Waals surface area contributed by atoms with Crippen LogP contribution >= 0.6 is 11.8 Å².